The number of unbranched alkanes of at least 4 members (excludes halogenated alkanes) is 2. The maximum absolute atomic E-state index is 5.51. The molecule has 0 saturated heterocycles. The summed E-state index contributed by atoms with van der Waals surface area (Å²) in [6.07, 6.45) is 3.82. The second-order valence-corrected chi connectivity index (χ2v) is 4.80. The minimum absolute atomic E-state index is 0.409. The molecule has 1 N–H and O–H groups in total. The first kappa shape index (κ1) is 12.1. The van der Waals surface area contributed by atoms with Gasteiger partial charge in [0.05, 0.1) is 0 Å². The molecule has 0 amide bonds. The Balaban J connectivity index is 2.82. The van der Waals surface area contributed by atoms with Crippen LogP contribution in [0.15, 0.2) is 0 Å². The highest BCUT2D eigenvalue weighted by molar-refractivity contribution is 6.23. The van der Waals surface area contributed by atoms with Gasteiger partial charge < -0.3 is 9.41 Å². The van der Waals surface area contributed by atoms with Gasteiger partial charge in [-0.05, 0) is 18.9 Å². The molecule has 0 radical (unpaired) electrons. The van der Waals surface area contributed by atoms with E-state index >= 15 is 0 Å². The second kappa shape index (κ2) is 9.23. The summed E-state index contributed by atoms with van der Waals surface area (Å²) >= 11 is 0. The van der Waals surface area contributed by atoms with E-state index in [1.807, 2.05) is 0 Å². The van der Waals surface area contributed by atoms with Gasteiger partial charge in [-0.25, -0.2) is 0 Å². The Hall–Kier alpha value is 0.137. The first-order valence-electron chi connectivity index (χ1n) is 5.05. The lowest BCUT2D eigenvalue weighted by Gasteiger charge is -2.07. The predicted molar refractivity (Wildman–Crippen MR) is 56.9 cm³/mol. The minimum Gasteiger partial charge on any atom is -0.409 e. The van der Waals surface area contributed by atoms with Crippen molar-refractivity contribution in [2.24, 2.45) is 5.92 Å². The fraction of sp³-hybridized carbons (Fsp3) is 1.00. The normalized spacial score (nSPS) is 12.0. The van der Waals surface area contributed by atoms with Gasteiger partial charge in [-0.1, -0.05) is 33.6 Å². The molecular weight excluding hydrogens is 166 g/mol. The van der Waals surface area contributed by atoms with Crippen LogP contribution >= 0.6 is 0 Å². The highest BCUT2D eigenvalue weighted by Crippen LogP contribution is 1.92. The smallest absolute Gasteiger partial charge is 0.235 e. The molecule has 0 aromatic rings. The van der Waals surface area contributed by atoms with Crippen LogP contribution in [0.4, 0.5) is 0 Å². The van der Waals surface area contributed by atoms with Crippen molar-refractivity contribution in [3.8, 4) is 0 Å². The molecule has 0 fully saturated rings. The van der Waals surface area contributed by atoms with E-state index in [-0.39, 0.29) is 0 Å². The lowest BCUT2D eigenvalue weighted by molar-refractivity contribution is 0.315. The lowest BCUT2D eigenvalue weighted by atomic mass is 10.2. The van der Waals surface area contributed by atoms with E-state index in [1.165, 1.54) is 19.3 Å². The Labute approximate surface area is 79.1 Å². The van der Waals surface area contributed by atoms with E-state index < -0.39 is 9.92 Å². The van der Waals surface area contributed by atoms with Crippen LogP contribution in [-0.2, 0) is 4.43 Å². The zero-order valence-electron chi connectivity index (χ0n) is 8.73. The Morgan fingerprint density at radius 1 is 1.33 bits per heavy atom. The summed E-state index contributed by atoms with van der Waals surface area (Å²) in [5.74, 6) is 0.747. The number of hydrogen-bond acceptors (Lipinski definition) is 2. The van der Waals surface area contributed by atoms with Crippen LogP contribution in [0, 0.1) is 5.92 Å². The SMILES string of the molecule is CCCCCO[SiH2]NCC(C)C. The fourth-order valence-electron chi connectivity index (χ4n) is 0.946. The summed E-state index contributed by atoms with van der Waals surface area (Å²) in [6.45, 7) is 8.73. The maximum Gasteiger partial charge on any atom is 0.235 e. The predicted octanol–water partition coefficient (Wildman–Crippen LogP) is 1.44. The molecule has 0 atom stereocenters. The van der Waals surface area contributed by atoms with Crippen LogP contribution in [0.3, 0.4) is 0 Å². The second-order valence-electron chi connectivity index (χ2n) is 3.61. The van der Waals surface area contributed by atoms with Crippen molar-refractivity contribution in [2.45, 2.75) is 40.0 Å². The monoisotopic (exact) mass is 189 g/mol. The standard InChI is InChI=1S/C9H23NOSi/c1-4-5-6-7-11-12-10-8-9(2)3/h9-10H,4-8,12H2,1-3H3. The average Bonchev–Trinajstić information content (AvgIpc) is 2.02. The molecule has 0 spiro atoms. The highest BCUT2D eigenvalue weighted by Gasteiger charge is 1.92. The van der Waals surface area contributed by atoms with Crippen molar-refractivity contribution in [2.75, 3.05) is 13.2 Å². The molecule has 74 valence electrons. The van der Waals surface area contributed by atoms with Crippen molar-refractivity contribution in [3.05, 3.63) is 0 Å². The van der Waals surface area contributed by atoms with E-state index in [9.17, 15) is 0 Å². The molecule has 0 unspecified atom stereocenters. The van der Waals surface area contributed by atoms with E-state index in [4.69, 9.17) is 4.43 Å². The quantitative estimate of drug-likeness (QED) is 0.461. The maximum atomic E-state index is 5.51. The van der Waals surface area contributed by atoms with E-state index in [2.05, 4.69) is 25.8 Å². The summed E-state index contributed by atoms with van der Waals surface area (Å²) in [6, 6.07) is 0. The van der Waals surface area contributed by atoms with Crippen LogP contribution < -0.4 is 4.98 Å². The van der Waals surface area contributed by atoms with Gasteiger partial charge in [-0.3, -0.25) is 0 Å². The number of rotatable bonds is 8. The Kier molecular flexibility index (Phi) is 9.33. The molecule has 0 aromatic carbocycles. The molecule has 2 nitrogen and oxygen atoms in total. The summed E-state index contributed by atoms with van der Waals surface area (Å²) in [4.78, 5) is 3.38. The van der Waals surface area contributed by atoms with Gasteiger partial charge >= 0.3 is 0 Å². The molecule has 12 heavy (non-hydrogen) atoms. The first-order chi connectivity index (χ1) is 5.77. The van der Waals surface area contributed by atoms with Gasteiger partial charge in [0.25, 0.3) is 0 Å². The van der Waals surface area contributed by atoms with Crippen molar-refractivity contribution >= 4 is 9.92 Å². The van der Waals surface area contributed by atoms with Crippen LogP contribution in [-0.4, -0.2) is 23.1 Å². The van der Waals surface area contributed by atoms with Gasteiger partial charge in [0.2, 0.25) is 9.92 Å². The largest absolute Gasteiger partial charge is 0.409 e. The van der Waals surface area contributed by atoms with Gasteiger partial charge in [-0.15, -0.1) is 0 Å². The zero-order valence-corrected chi connectivity index (χ0v) is 10.1. The molecule has 0 aliphatic heterocycles. The van der Waals surface area contributed by atoms with E-state index in [0.717, 1.165) is 19.1 Å². The summed E-state index contributed by atoms with van der Waals surface area (Å²) in [5.41, 5.74) is 0. The van der Waals surface area contributed by atoms with E-state index in [0.29, 0.717) is 0 Å². The molecule has 3 heteroatoms. The summed E-state index contributed by atoms with van der Waals surface area (Å²) in [5, 5.41) is 0. The van der Waals surface area contributed by atoms with Gasteiger partial charge in [0.15, 0.2) is 0 Å². The lowest BCUT2D eigenvalue weighted by Crippen LogP contribution is -2.26. The minimum atomic E-state index is -0.409. The molecular formula is C9H23NOSi. The Bertz CT molecular complexity index is 88.6. The molecule has 0 aliphatic carbocycles. The Morgan fingerprint density at radius 3 is 2.67 bits per heavy atom. The van der Waals surface area contributed by atoms with Crippen molar-refractivity contribution in [3.63, 3.8) is 0 Å². The third kappa shape index (κ3) is 10.1. The third-order valence-electron chi connectivity index (χ3n) is 1.65. The molecule has 0 aliphatic rings. The third-order valence-corrected chi connectivity index (χ3v) is 2.63. The van der Waals surface area contributed by atoms with Crippen LogP contribution in [0.25, 0.3) is 0 Å². The van der Waals surface area contributed by atoms with Gasteiger partial charge in [0, 0.05) is 6.61 Å². The topological polar surface area (TPSA) is 21.3 Å². The molecule has 0 bridgehead atoms. The van der Waals surface area contributed by atoms with Gasteiger partial charge in [-0.2, -0.15) is 0 Å². The fourth-order valence-corrected chi connectivity index (χ4v) is 2.13. The molecule has 0 saturated carbocycles. The number of hydrogen-bond donors (Lipinski definition) is 1. The van der Waals surface area contributed by atoms with Crippen LogP contribution in [0.5, 0.6) is 0 Å². The summed E-state index contributed by atoms with van der Waals surface area (Å²) < 4.78 is 5.51. The molecule has 0 heterocycles. The zero-order chi connectivity index (χ0) is 9.23. The van der Waals surface area contributed by atoms with Crippen molar-refractivity contribution in [1.29, 1.82) is 0 Å². The van der Waals surface area contributed by atoms with Gasteiger partial charge in [0.1, 0.15) is 0 Å². The molecule has 0 rings (SSSR count). The van der Waals surface area contributed by atoms with Crippen molar-refractivity contribution in [1.82, 2.24) is 4.98 Å². The summed E-state index contributed by atoms with van der Waals surface area (Å²) in [7, 11) is -0.409. The Morgan fingerprint density at radius 2 is 2.08 bits per heavy atom. The van der Waals surface area contributed by atoms with Crippen LogP contribution in [0.2, 0.25) is 0 Å². The number of nitrogens with one attached hydrogen (secondary N) is 1. The van der Waals surface area contributed by atoms with Crippen LogP contribution in [0.1, 0.15) is 40.0 Å². The van der Waals surface area contributed by atoms with Crippen molar-refractivity contribution < 1.29 is 4.43 Å². The average molecular weight is 189 g/mol. The molecule has 0 aromatic heterocycles. The first-order valence-corrected chi connectivity index (χ1v) is 6.34. The highest BCUT2D eigenvalue weighted by atomic mass is 28.2. The van der Waals surface area contributed by atoms with E-state index in [1.54, 1.807) is 0 Å².